The molecule has 0 radical (unpaired) electrons. The third-order valence-corrected chi connectivity index (χ3v) is 6.76. The van der Waals surface area contributed by atoms with Crippen LogP contribution in [0.25, 0.3) is 10.9 Å². The van der Waals surface area contributed by atoms with Crippen LogP contribution < -0.4 is 10.7 Å². The van der Waals surface area contributed by atoms with Crippen molar-refractivity contribution in [1.82, 2.24) is 15.1 Å². The van der Waals surface area contributed by atoms with Crippen LogP contribution in [0, 0.1) is 17.8 Å². The van der Waals surface area contributed by atoms with Crippen LogP contribution in [0.2, 0.25) is 0 Å². The Labute approximate surface area is 152 Å². The molecule has 6 rings (SSSR count). The van der Waals surface area contributed by atoms with Crippen LogP contribution in [-0.2, 0) is 11.3 Å². The normalized spacial score (nSPS) is 32.1. The average molecular weight is 351 g/mol. The molecule has 0 saturated heterocycles. The molecule has 1 aromatic heterocycles. The molecule has 26 heavy (non-hydrogen) atoms. The zero-order chi connectivity index (χ0) is 17.7. The van der Waals surface area contributed by atoms with E-state index in [0.29, 0.717) is 18.4 Å². The van der Waals surface area contributed by atoms with Crippen molar-refractivity contribution < 1.29 is 4.79 Å². The first-order valence-electron chi connectivity index (χ1n) is 9.86. The van der Waals surface area contributed by atoms with Crippen LogP contribution >= 0.6 is 0 Å². The highest BCUT2D eigenvalue weighted by Gasteiger charge is 2.51. The molecular formula is C21H25N3O2. The molecule has 4 aliphatic carbocycles. The maximum absolute atomic E-state index is 12.7. The average Bonchev–Trinajstić information content (AvgIpc) is 2.60. The molecule has 1 aromatic carbocycles. The minimum absolute atomic E-state index is 0.0604. The molecule has 4 saturated carbocycles. The van der Waals surface area contributed by atoms with Crippen molar-refractivity contribution in [3.63, 3.8) is 0 Å². The molecule has 5 nitrogen and oxygen atoms in total. The van der Waals surface area contributed by atoms with Gasteiger partial charge in [0.25, 0.3) is 0 Å². The van der Waals surface area contributed by atoms with Gasteiger partial charge in [0.1, 0.15) is 0 Å². The molecule has 1 N–H and O–H groups in total. The standard InChI is InChI=1S/C21H25N3O2/c25-19-13-22-24(18-4-2-1-3-17(18)19)6-5-20(26)23-21-10-14-7-15(11-21)9-16(8-14)12-21/h1-4,13-16H,5-12H2,(H,23,26). The predicted octanol–water partition coefficient (Wildman–Crippen LogP) is 2.87. The summed E-state index contributed by atoms with van der Waals surface area (Å²) in [7, 11) is 0. The molecule has 1 heterocycles. The number of amides is 1. The minimum Gasteiger partial charge on any atom is -0.351 e. The van der Waals surface area contributed by atoms with E-state index in [-0.39, 0.29) is 16.9 Å². The Balaban J connectivity index is 1.29. The van der Waals surface area contributed by atoms with Gasteiger partial charge in [-0.2, -0.15) is 5.10 Å². The first-order valence-corrected chi connectivity index (χ1v) is 9.86. The number of nitrogens with one attached hydrogen (secondary N) is 1. The van der Waals surface area contributed by atoms with Gasteiger partial charge in [0.15, 0.2) is 0 Å². The topological polar surface area (TPSA) is 64.0 Å². The molecule has 136 valence electrons. The fourth-order valence-corrected chi connectivity index (χ4v) is 6.17. The number of fused-ring (bicyclic) bond motifs is 1. The summed E-state index contributed by atoms with van der Waals surface area (Å²) in [5.41, 5.74) is 0.780. The van der Waals surface area contributed by atoms with E-state index in [0.717, 1.165) is 23.3 Å². The molecule has 0 unspecified atom stereocenters. The van der Waals surface area contributed by atoms with Gasteiger partial charge < -0.3 is 5.32 Å². The molecule has 1 amide bonds. The third-order valence-electron chi connectivity index (χ3n) is 6.76. The lowest BCUT2D eigenvalue weighted by atomic mass is 9.53. The second kappa shape index (κ2) is 5.93. The van der Waals surface area contributed by atoms with Crippen molar-refractivity contribution >= 4 is 16.8 Å². The smallest absolute Gasteiger partial charge is 0.222 e. The quantitative estimate of drug-likeness (QED) is 0.921. The summed E-state index contributed by atoms with van der Waals surface area (Å²) < 4.78 is 1.77. The highest BCUT2D eigenvalue weighted by atomic mass is 16.1. The zero-order valence-corrected chi connectivity index (χ0v) is 15.0. The fraction of sp³-hybridized carbons (Fsp3) is 0.571. The summed E-state index contributed by atoms with van der Waals surface area (Å²) >= 11 is 0. The first-order chi connectivity index (χ1) is 12.6. The van der Waals surface area contributed by atoms with Crippen LogP contribution in [0.1, 0.15) is 44.9 Å². The van der Waals surface area contributed by atoms with Gasteiger partial charge >= 0.3 is 0 Å². The van der Waals surface area contributed by atoms with Gasteiger partial charge in [0.05, 0.1) is 18.3 Å². The van der Waals surface area contributed by atoms with Crippen LogP contribution in [0.5, 0.6) is 0 Å². The Morgan fingerprint density at radius 2 is 1.77 bits per heavy atom. The Hall–Kier alpha value is -2.17. The lowest BCUT2D eigenvalue weighted by Crippen LogP contribution is -2.59. The van der Waals surface area contributed by atoms with E-state index in [9.17, 15) is 9.59 Å². The van der Waals surface area contributed by atoms with E-state index in [1.807, 2.05) is 24.3 Å². The van der Waals surface area contributed by atoms with Crippen molar-refractivity contribution in [2.75, 3.05) is 0 Å². The number of aromatic nitrogens is 2. The molecule has 0 atom stereocenters. The summed E-state index contributed by atoms with van der Waals surface area (Å²) in [6.07, 6.45) is 9.39. The number of nitrogens with zero attached hydrogens (tertiary/aromatic N) is 2. The van der Waals surface area contributed by atoms with E-state index in [1.54, 1.807) is 4.68 Å². The molecule has 0 spiro atoms. The molecule has 4 aliphatic rings. The first kappa shape index (κ1) is 16.0. The molecule has 4 fully saturated rings. The number of rotatable bonds is 4. The van der Waals surface area contributed by atoms with Crippen LogP contribution in [0.3, 0.4) is 0 Å². The maximum Gasteiger partial charge on any atom is 0.222 e. The third kappa shape index (κ3) is 2.74. The Bertz CT molecular complexity index is 882. The summed E-state index contributed by atoms with van der Waals surface area (Å²) in [5, 5.41) is 8.30. The summed E-state index contributed by atoms with van der Waals surface area (Å²) in [5.74, 6) is 2.60. The van der Waals surface area contributed by atoms with Crippen LogP contribution in [-0.4, -0.2) is 21.2 Å². The highest BCUT2D eigenvalue weighted by Crippen LogP contribution is 2.55. The number of para-hydroxylation sites is 1. The minimum atomic E-state index is -0.0742. The van der Waals surface area contributed by atoms with Gasteiger partial charge in [0.2, 0.25) is 11.3 Å². The maximum atomic E-state index is 12.7. The molecule has 4 bridgehead atoms. The number of carbonyl (C=O) groups excluding carboxylic acids is 1. The monoisotopic (exact) mass is 351 g/mol. The largest absolute Gasteiger partial charge is 0.351 e. The summed E-state index contributed by atoms with van der Waals surface area (Å²) in [6, 6.07) is 7.45. The van der Waals surface area contributed by atoms with Crippen molar-refractivity contribution in [2.45, 2.75) is 57.0 Å². The van der Waals surface area contributed by atoms with E-state index in [4.69, 9.17) is 0 Å². The predicted molar refractivity (Wildman–Crippen MR) is 99.7 cm³/mol. The van der Waals surface area contributed by atoms with E-state index in [2.05, 4.69) is 10.4 Å². The van der Waals surface area contributed by atoms with E-state index >= 15 is 0 Å². The zero-order valence-electron chi connectivity index (χ0n) is 15.0. The summed E-state index contributed by atoms with van der Waals surface area (Å²) in [4.78, 5) is 24.6. The number of hydrogen-bond donors (Lipinski definition) is 1. The van der Waals surface area contributed by atoms with Gasteiger partial charge in [-0.3, -0.25) is 14.3 Å². The Kier molecular flexibility index (Phi) is 3.66. The second-order valence-electron chi connectivity index (χ2n) is 8.75. The van der Waals surface area contributed by atoms with Crippen LogP contribution in [0.15, 0.2) is 35.3 Å². The van der Waals surface area contributed by atoms with Gasteiger partial charge in [0, 0.05) is 17.3 Å². The highest BCUT2D eigenvalue weighted by molar-refractivity contribution is 5.79. The molecule has 0 aliphatic heterocycles. The lowest BCUT2D eigenvalue weighted by Gasteiger charge is -2.56. The second-order valence-corrected chi connectivity index (χ2v) is 8.75. The van der Waals surface area contributed by atoms with E-state index < -0.39 is 0 Å². The lowest BCUT2D eigenvalue weighted by molar-refractivity contribution is -0.127. The van der Waals surface area contributed by atoms with Gasteiger partial charge in [-0.25, -0.2) is 0 Å². The SMILES string of the molecule is O=C(CCn1ncc(=O)c2ccccc21)NC12CC3CC(CC(C3)C1)C2. The Morgan fingerprint density at radius 1 is 1.12 bits per heavy atom. The molecule has 5 heteroatoms. The van der Waals surface area contributed by atoms with Crippen LogP contribution in [0.4, 0.5) is 0 Å². The molecule has 2 aromatic rings. The number of aryl methyl sites for hydroxylation is 1. The number of carbonyl (C=O) groups is 1. The van der Waals surface area contributed by atoms with Gasteiger partial charge in [-0.1, -0.05) is 12.1 Å². The fourth-order valence-electron chi connectivity index (χ4n) is 6.17. The van der Waals surface area contributed by atoms with Gasteiger partial charge in [-0.15, -0.1) is 0 Å². The van der Waals surface area contributed by atoms with Crippen molar-refractivity contribution in [3.8, 4) is 0 Å². The van der Waals surface area contributed by atoms with Crippen molar-refractivity contribution in [1.29, 1.82) is 0 Å². The number of benzene rings is 1. The Morgan fingerprint density at radius 3 is 2.46 bits per heavy atom. The molecular weight excluding hydrogens is 326 g/mol. The van der Waals surface area contributed by atoms with E-state index in [1.165, 1.54) is 44.7 Å². The van der Waals surface area contributed by atoms with Crippen molar-refractivity contribution in [2.24, 2.45) is 17.8 Å². The number of hydrogen-bond acceptors (Lipinski definition) is 3. The van der Waals surface area contributed by atoms with Gasteiger partial charge in [-0.05, 0) is 68.4 Å². The van der Waals surface area contributed by atoms with Crippen molar-refractivity contribution in [3.05, 3.63) is 40.7 Å². The summed E-state index contributed by atoms with van der Waals surface area (Å²) in [6.45, 7) is 0.499.